The van der Waals surface area contributed by atoms with Gasteiger partial charge in [-0.1, -0.05) is 0 Å². The molecule has 0 bridgehead atoms. The van der Waals surface area contributed by atoms with Gasteiger partial charge in [-0.3, -0.25) is 9.79 Å². The molecule has 1 amide bonds. The number of aliphatic imine (C=N–C) groups is 1. The van der Waals surface area contributed by atoms with Gasteiger partial charge in [0.25, 0.3) is 0 Å². The molecule has 2 N–H and O–H groups in total. The second-order valence-corrected chi connectivity index (χ2v) is 9.32. The van der Waals surface area contributed by atoms with Crippen LogP contribution in [0.3, 0.4) is 0 Å². The van der Waals surface area contributed by atoms with E-state index in [1.807, 2.05) is 18.9 Å². The highest BCUT2D eigenvalue weighted by atomic mass is 127. The van der Waals surface area contributed by atoms with Crippen LogP contribution < -0.4 is 10.6 Å². The Morgan fingerprint density at radius 2 is 2.04 bits per heavy atom. The fourth-order valence-corrected chi connectivity index (χ4v) is 4.46. The van der Waals surface area contributed by atoms with Crippen LogP contribution in [0.4, 0.5) is 0 Å². The molecule has 1 aliphatic heterocycles. The molecule has 1 atom stereocenters. The van der Waals surface area contributed by atoms with E-state index >= 15 is 0 Å². The number of likely N-dealkylation sites (N-methyl/N-ethyl adjacent to an activating group) is 1. The van der Waals surface area contributed by atoms with Gasteiger partial charge in [0.05, 0.1) is 24.7 Å². The van der Waals surface area contributed by atoms with Crippen molar-refractivity contribution in [2.24, 2.45) is 10.9 Å². The van der Waals surface area contributed by atoms with E-state index in [1.165, 1.54) is 12.8 Å². The zero-order valence-corrected chi connectivity index (χ0v) is 19.4. The summed E-state index contributed by atoms with van der Waals surface area (Å²) in [5.74, 6) is 1.57. The Morgan fingerprint density at radius 1 is 1.30 bits per heavy atom. The summed E-state index contributed by atoms with van der Waals surface area (Å²) >= 11 is 0. The van der Waals surface area contributed by atoms with E-state index in [9.17, 15) is 13.2 Å². The van der Waals surface area contributed by atoms with Gasteiger partial charge in [0.2, 0.25) is 5.91 Å². The fraction of sp³-hybridized carbons (Fsp3) is 0.882. The van der Waals surface area contributed by atoms with Crippen molar-refractivity contribution in [2.75, 3.05) is 51.4 Å². The predicted octanol–water partition coefficient (Wildman–Crippen LogP) is 0.622. The Hall–Kier alpha value is -0.620. The highest BCUT2D eigenvalue weighted by Gasteiger charge is 2.28. The molecule has 158 valence electrons. The molecule has 0 aromatic carbocycles. The lowest BCUT2D eigenvalue weighted by Crippen LogP contribution is -2.41. The lowest BCUT2D eigenvalue weighted by Gasteiger charge is -2.22. The number of nitrogens with zero attached hydrogens (tertiary/aromatic N) is 2. The van der Waals surface area contributed by atoms with Gasteiger partial charge in [-0.15, -0.1) is 24.0 Å². The van der Waals surface area contributed by atoms with E-state index in [0.29, 0.717) is 19.6 Å². The average molecular weight is 516 g/mol. The van der Waals surface area contributed by atoms with E-state index in [0.717, 1.165) is 31.6 Å². The second-order valence-electron chi connectivity index (χ2n) is 7.09. The van der Waals surface area contributed by atoms with Gasteiger partial charge in [0.15, 0.2) is 15.8 Å². The summed E-state index contributed by atoms with van der Waals surface area (Å²) in [6.07, 6.45) is 3.32. The molecule has 1 unspecified atom stereocenters. The predicted molar refractivity (Wildman–Crippen MR) is 117 cm³/mol. The molecule has 27 heavy (non-hydrogen) atoms. The molecule has 1 saturated carbocycles. The summed E-state index contributed by atoms with van der Waals surface area (Å²) in [6, 6.07) is -0.254. The van der Waals surface area contributed by atoms with Crippen LogP contribution in [0.25, 0.3) is 0 Å². The zero-order valence-electron chi connectivity index (χ0n) is 16.3. The first-order chi connectivity index (χ1) is 12.4. The van der Waals surface area contributed by atoms with Crippen LogP contribution in [-0.2, 0) is 19.4 Å². The summed E-state index contributed by atoms with van der Waals surface area (Å²) < 4.78 is 28.5. The van der Waals surface area contributed by atoms with E-state index in [4.69, 9.17) is 4.74 Å². The van der Waals surface area contributed by atoms with Crippen LogP contribution in [0.5, 0.6) is 0 Å². The minimum absolute atomic E-state index is 0. The van der Waals surface area contributed by atoms with Gasteiger partial charge in [-0.2, -0.15) is 0 Å². The number of carbonyl (C=O) groups excluding carboxylic acids is 1. The van der Waals surface area contributed by atoms with Crippen LogP contribution in [-0.4, -0.2) is 82.6 Å². The zero-order chi connectivity index (χ0) is 19.0. The van der Waals surface area contributed by atoms with E-state index < -0.39 is 9.84 Å². The molecule has 0 aromatic heterocycles. The third-order valence-electron chi connectivity index (χ3n) is 4.52. The van der Waals surface area contributed by atoms with Gasteiger partial charge in [-0.05, 0) is 32.1 Å². The number of halogens is 1. The van der Waals surface area contributed by atoms with Crippen molar-refractivity contribution in [1.29, 1.82) is 0 Å². The summed E-state index contributed by atoms with van der Waals surface area (Å²) in [6.45, 7) is 5.36. The Balaban J connectivity index is 0.00000364. The summed E-state index contributed by atoms with van der Waals surface area (Å²) in [7, 11) is -1.03. The van der Waals surface area contributed by atoms with Crippen molar-refractivity contribution >= 4 is 45.7 Å². The molecule has 1 saturated heterocycles. The molecular formula is C17H33IN4O4S. The van der Waals surface area contributed by atoms with Crippen LogP contribution in [0.1, 0.15) is 32.6 Å². The number of hydrogen-bond donors (Lipinski definition) is 2. The van der Waals surface area contributed by atoms with E-state index in [1.54, 1.807) is 0 Å². The van der Waals surface area contributed by atoms with Crippen molar-refractivity contribution in [3.05, 3.63) is 0 Å². The summed E-state index contributed by atoms with van der Waals surface area (Å²) in [4.78, 5) is 18.4. The first-order valence-electron chi connectivity index (χ1n) is 9.46. The number of nitrogens with one attached hydrogen (secondary N) is 2. The third kappa shape index (κ3) is 9.93. The number of sulfone groups is 1. The first kappa shape index (κ1) is 24.4. The van der Waals surface area contributed by atoms with Crippen LogP contribution in [0.15, 0.2) is 4.99 Å². The third-order valence-corrected chi connectivity index (χ3v) is 6.28. The standard InChI is InChI=1S/C17H32N4O4S.HI/c1-3-18-17(21(2)9-10-25-12-14-4-5-14)19-8-6-16(22)20-15-7-11-26(23,24)13-15;/h14-15H,3-13H2,1-2H3,(H,18,19)(H,20,22);1H. The molecule has 0 aromatic rings. The van der Waals surface area contributed by atoms with Crippen LogP contribution in [0, 0.1) is 5.92 Å². The number of hydrogen-bond acceptors (Lipinski definition) is 5. The normalized spacial score (nSPS) is 21.4. The number of carbonyl (C=O) groups is 1. The van der Waals surface area contributed by atoms with Gasteiger partial charge in [-0.25, -0.2) is 8.42 Å². The summed E-state index contributed by atoms with van der Waals surface area (Å²) in [5, 5.41) is 6.00. The number of ether oxygens (including phenoxy) is 1. The number of rotatable bonds is 10. The Bertz CT molecular complexity index is 596. The lowest BCUT2D eigenvalue weighted by molar-refractivity contribution is -0.121. The summed E-state index contributed by atoms with van der Waals surface area (Å²) in [5.41, 5.74) is 0. The molecule has 0 radical (unpaired) electrons. The lowest BCUT2D eigenvalue weighted by atomic mass is 10.2. The van der Waals surface area contributed by atoms with Crippen molar-refractivity contribution in [3.8, 4) is 0 Å². The number of amides is 1. The Labute approximate surface area is 179 Å². The molecular weight excluding hydrogens is 483 g/mol. The molecule has 1 aliphatic carbocycles. The largest absolute Gasteiger partial charge is 0.379 e. The van der Waals surface area contributed by atoms with Crippen molar-refractivity contribution in [3.63, 3.8) is 0 Å². The first-order valence-corrected chi connectivity index (χ1v) is 11.3. The maximum atomic E-state index is 12.0. The van der Waals surface area contributed by atoms with Crippen molar-refractivity contribution < 1.29 is 17.9 Å². The fourth-order valence-electron chi connectivity index (χ4n) is 2.78. The van der Waals surface area contributed by atoms with Crippen LogP contribution >= 0.6 is 24.0 Å². The molecule has 0 spiro atoms. The van der Waals surface area contributed by atoms with Gasteiger partial charge < -0.3 is 20.3 Å². The molecule has 8 nitrogen and oxygen atoms in total. The molecule has 2 aliphatic rings. The quantitative estimate of drug-likeness (QED) is 0.191. The minimum Gasteiger partial charge on any atom is -0.379 e. The number of guanidine groups is 1. The van der Waals surface area contributed by atoms with Crippen molar-refractivity contribution in [1.82, 2.24) is 15.5 Å². The highest BCUT2D eigenvalue weighted by Crippen LogP contribution is 2.28. The monoisotopic (exact) mass is 516 g/mol. The molecule has 2 rings (SSSR count). The molecule has 2 fully saturated rings. The van der Waals surface area contributed by atoms with Crippen molar-refractivity contribution in [2.45, 2.75) is 38.6 Å². The molecule has 10 heteroatoms. The molecule has 1 heterocycles. The van der Waals surface area contributed by atoms with E-state index in [-0.39, 0.29) is 53.9 Å². The topological polar surface area (TPSA) is 100 Å². The minimum atomic E-state index is -2.98. The van der Waals surface area contributed by atoms with Gasteiger partial charge in [0, 0.05) is 39.2 Å². The van der Waals surface area contributed by atoms with Gasteiger partial charge in [0.1, 0.15) is 0 Å². The Kier molecular flexibility index (Phi) is 10.9. The maximum absolute atomic E-state index is 12.0. The second kappa shape index (κ2) is 12.1. The highest BCUT2D eigenvalue weighted by molar-refractivity contribution is 14.0. The average Bonchev–Trinajstić information content (AvgIpc) is 3.34. The van der Waals surface area contributed by atoms with E-state index in [2.05, 4.69) is 15.6 Å². The van der Waals surface area contributed by atoms with Gasteiger partial charge >= 0.3 is 0 Å². The maximum Gasteiger partial charge on any atom is 0.222 e. The SMILES string of the molecule is CCNC(=NCCC(=O)NC1CCS(=O)(=O)C1)N(C)CCOCC1CC1.I. The van der Waals surface area contributed by atoms with Crippen LogP contribution in [0.2, 0.25) is 0 Å². The smallest absolute Gasteiger partial charge is 0.222 e. The Morgan fingerprint density at radius 3 is 2.63 bits per heavy atom.